The van der Waals surface area contributed by atoms with Gasteiger partial charge >= 0.3 is 0 Å². The van der Waals surface area contributed by atoms with Crippen LogP contribution in [0.25, 0.3) is 5.82 Å². The number of fused-ring (bicyclic) bond motifs is 1. The Hall–Kier alpha value is -2.74. The SMILES string of the molecule is Nc1nc(CCC(=O)N[C@H]2CCCc3c2cnn3-c2ccccn2)cs1. The summed E-state index contributed by atoms with van der Waals surface area (Å²) in [6, 6.07) is 5.78. The Labute approximate surface area is 155 Å². The first-order chi connectivity index (χ1) is 12.7. The van der Waals surface area contributed by atoms with E-state index in [-0.39, 0.29) is 11.9 Å². The molecule has 1 amide bonds. The molecule has 1 aliphatic rings. The second-order valence-electron chi connectivity index (χ2n) is 6.34. The maximum Gasteiger partial charge on any atom is 0.220 e. The Balaban J connectivity index is 1.45. The van der Waals surface area contributed by atoms with Gasteiger partial charge in [-0.2, -0.15) is 5.10 Å². The lowest BCUT2D eigenvalue weighted by Crippen LogP contribution is -2.31. The Morgan fingerprint density at radius 3 is 3.12 bits per heavy atom. The predicted octanol–water partition coefficient (Wildman–Crippen LogP) is 2.43. The number of carbonyl (C=O) groups excluding carboxylic acids is 1. The Bertz CT molecular complexity index is 904. The number of anilines is 1. The van der Waals surface area contributed by atoms with E-state index in [1.807, 2.05) is 34.5 Å². The molecule has 0 saturated heterocycles. The number of hydrogen-bond acceptors (Lipinski definition) is 6. The summed E-state index contributed by atoms with van der Waals surface area (Å²) in [6.07, 6.45) is 7.51. The number of nitrogens with zero attached hydrogens (tertiary/aromatic N) is 4. The van der Waals surface area contributed by atoms with Crippen LogP contribution in [0, 0.1) is 0 Å². The molecule has 0 saturated carbocycles. The van der Waals surface area contributed by atoms with Gasteiger partial charge in [0.2, 0.25) is 5.91 Å². The molecule has 7 nitrogen and oxygen atoms in total. The van der Waals surface area contributed by atoms with Gasteiger partial charge in [0.15, 0.2) is 10.9 Å². The highest BCUT2D eigenvalue weighted by Crippen LogP contribution is 2.30. The fourth-order valence-electron chi connectivity index (χ4n) is 3.33. The Kier molecular flexibility index (Phi) is 4.66. The Morgan fingerprint density at radius 1 is 1.42 bits per heavy atom. The second kappa shape index (κ2) is 7.25. The number of nitrogens with one attached hydrogen (secondary N) is 1. The van der Waals surface area contributed by atoms with E-state index in [9.17, 15) is 4.79 Å². The van der Waals surface area contributed by atoms with Crippen LogP contribution in [0.4, 0.5) is 5.13 Å². The summed E-state index contributed by atoms with van der Waals surface area (Å²) in [7, 11) is 0. The molecule has 1 atom stereocenters. The van der Waals surface area contributed by atoms with Crippen LogP contribution in [0.5, 0.6) is 0 Å². The molecule has 0 bridgehead atoms. The number of amides is 1. The molecule has 1 aliphatic carbocycles. The molecule has 26 heavy (non-hydrogen) atoms. The molecule has 8 heteroatoms. The van der Waals surface area contributed by atoms with E-state index >= 15 is 0 Å². The van der Waals surface area contributed by atoms with E-state index in [1.165, 1.54) is 11.3 Å². The van der Waals surface area contributed by atoms with Crippen molar-refractivity contribution in [2.24, 2.45) is 0 Å². The predicted molar refractivity (Wildman–Crippen MR) is 100 cm³/mol. The summed E-state index contributed by atoms with van der Waals surface area (Å²) in [5.74, 6) is 0.835. The molecule has 3 heterocycles. The van der Waals surface area contributed by atoms with Crippen molar-refractivity contribution in [1.82, 2.24) is 25.1 Å². The number of thiazole rings is 1. The van der Waals surface area contributed by atoms with Crippen molar-refractivity contribution >= 4 is 22.4 Å². The smallest absolute Gasteiger partial charge is 0.220 e. The molecular weight excluding hydrogens is 348 g/mol. The molecular formula is C18H20N6OS. The molecule has 0 aliphatic heterocycles. The highest BCUT2D eigenvalue weighted by Gasteiger charge is 2.26. The average molecular weight is 368 g/mol. The largest absolute Gasteiger partial charge is 0.375 e. The molecule has 0 fully saturated rings. The zero-order valence-corrected chi connectivity index (χ0v) is 15.1. The maximum atomic E-state index is 12.4. The van der Waals surface area contributed by atoms with Crippen LogP contribution in [0.3, 0.4) is 0 Å². The molecule has 134 valence electrons. The quantitative estimate of drug-likeness (QED) is 0.721. The minimum Gasteiger partial charge on any atom is -0.375 e. The third kappa shape index (κ3) is 3.45. The van der Waals surface area contributed by atoms with Gasteiger partial charge in [-0.25, -0.2) is 14.6 Å². The minimum atomic E-state index is 0.00390. The molecule has 3 N–H and O–H groups in total. The molecule has 4 rings (SSSR count). The number of aryl methyl sites for hydroxylation is 1. The van der Waals surface area contributed by atoms with Crippen LogP contribution in [-0.4, -0.2) is 25.7 Å². The Morgan fingerprint density at radius 2 is 2.35 bits per heavy atom. The summed E-state index contributed by atoms with van der Waals surface area (Å²) in [4.78, 5) is 20.9. The van der Waals surface area contributed by atoms with Gasteiger partial charge < -0.3 is 11.1 Å². The highest BCUT2D eigenvalue weighted by molar-refractivity contribution is 7.13. The third-order valence-corrected chi connectivity index (χ3v) is 5.28. The number of carbonyl (C=O) groups is 1. The lowest BCUT2D eigenvalue weighted by molar-refractivity contribution is -0.121. The number of pyridine rings is 1. The zero-order valence-electron chi connectivity index (χ0n) is 14.3. The van der Waals surface area contributed by atoms with Crippen molar-refractivity contribution in [3.8, 4) is 5.82 Å². The number of hydrogen-bond donors (Lipinski definition) is 2. The summed E-state index contributed by atoms with van der Waals surface area (Å²) in [5, 5.41) is 10.1. The van der Waals surface area contributed by atoms with Gasteiger partial charge in [-0.3, -0.25) is 4.79 Å². The van der Waals surface area contributed by atoms with E-state index in [2.05, 4.69) is 20.4 Å². The van der Waals surface area contributed by atoms with Crippen LogP contribution >= 0.6 is 11.3 Å². The lowest BCUT2D eigenvalue weighted by atomic mass is 9.92. The maximum absolute atomic E-state index is 12.4. The van der Waals surface area contributed by atoms with E-state index in [0.29, 0.717) is 18.0 Å². The fourth-order valence-corrected chi connectivity index (χ4v) is 3.93. The van der Waals surface area contributed by atoms with Crippen LogP contribution in [0.15, 0.2) is 36.0 Å². The summed E-state index contributed by atoms with van der Waals surface area (Å²) < 4.78 is 1.88. The first-order valence-electron chi connectivity index (χ1n) is 8.68. The van der Waals surface area contributed by atoms with Crippen molar-refractivity contribution in [3.05, 3.63) is 52.9 Å². The van der Waals surface area contributed by atoms with Gasteiger partial charge in [0.05, 0.1) is 23.6 Å². The van der Waals surface area contributed by atoms with Crippen molar-refractivity contribution in [2.45, 2.75) is 38.1 Å². The van der Waals surface area contributed by atoms with Gasteiger partial charge in [-0.15, -0.1) is 11.3 Å². The first-order valence-corrected chi connectivity index (χ1v) is 9.56. The van der Waals surface area contributed by atoms with Gasteiger partial charge in [0.1, 0.15) is 0 Å². The fraction of sp³-hybridized carbons (Fsp3) is 0.333. The average Bonchev–Trinajstić information content (AvgIpc) is 3.27. The summed E-state index contributed by atoms with van der Waals surface area (Å²) in [5.41, 5.74) is 8.72. The van der Waals surface area contributed by atoms with Crippen LogP contribution in [0.1, 0.15) is 42.3 Å². The van der Waals surface area contributed by atoms with Crippen LogP contribution in [-0.2, 0) is 17.6 Å². The summed E-state index contributed by atoms with van der Waals surface area (Å²) in [6.45, 7) is 0. The molecule has 0 radical (unpaired) electrons. The van der Waals surface area contributed by atoms with Crippen LogP contribution < -0.4 is 11.1 Å². The van der Waals surface area contributed by atoms with E-state index in [0.717, 1.165) is 42.0 Å². The van der Waals surface area contributed by atoms with Crippen molar-refractivity contribution in [2.75, 3.05) is 5.73 Å². The number of nitrogens with two attached hydrogens (primary N) is 1. The first kappa shape index (κ1) is 16.7. The molecule has 0 unspecified atom stereocenters. The monoisotopic (exact) mass is 368 g/mol. The minimum absolute atomic E-state index is 0.00390. The van der Waals surface area contributed by atoms with Gasteiger partial charge in [-0.1, -0.05) is 6.07 Å². The van der Waals surface area contributed by atoms with E-state index < -0.39 is 0 Å². The number of rotatable bonds is 5. The third-order valence-electron chi connectivity index (χ3n) is 4.56. The molecule has 0 spiro atoms. The van der Waals surface area contributed by atoms with Crippen LogP contribution in [0.2, 0.25) is 0 Å². The normalized spacial score (nSPS) is 16.2. The zero-order chi connectivity index (χ0) is 17.9. The molecule has 3 aromatic rings. The van der Waals surface area contributed by atoms with Crippen molar-refractivity contribution < 1.29 is 4.79 Å². The van der Waals surface area contributed by atoms with E-state index in [1.54, 1.807) is 6.20 Å². The van der Waals surface area contributed by atoms with E-state index in [4.69, 9.17) is 5.73 Å². The number of aromatic nitrogens is 4. The second-order valence-corrected chi connectivity index (χ2v) is 7.23. The topological polar surface area (TPSA) is 98.7 Å². The van der Waals surface area contributed by atoms with Gasteiger partial charge in [0.25, 0.3) is 0 Å². The van der Waals surface area contributed by atoms with Gasteiger partial charge in [0, 0.05) is 23.6 Å². The van der Waals surface area contributed by atoms with Crippen molar-refractivity contribution in [1.29, 1.82) is 0 Å². The molecule has 3 aromatic heterocycles. The lowest BCUT2D eigenvalue weighted by Gasteiger charge is -2.24. The standard InChI is InChI=1S/C18H20N6OS/c19-18-22-12(11-26-18)7-8-17(25)23-14-4-3-5-15-13(14)10-21-24(15)16-6-1-2-9-20-16/h1-2,6,9-11,14H,3-5,7-8H2,(H2,19,22)(H,23,25)/t14-/m0/s1. The summed E-state index contributed by atoms with van der Waals surface area (Å²) >= 11 is 1.40. The molecule has 0 aromatic carbocycles. The number of nitrogen functional groups attached to an aromatic ring is 1. The highest BCUT2D eigenvalue weighted by atomic mass is 32.1. The van der Waals surface area contributed by atoms with Crippen molar-refractivity contribution in [3.63, 3.8) is 0 Å². The van der Waals surface area contributed by atoms with Gasteiger partial charge in [-0.05, 0) is 37.8 Å².